The summed E-state index contributed by atoms with van der Waals surface area (Å²) in [6.45, 7) is 9.50. The number of anilines is 1. The summed E-state index contributed by atoms with van der Waals surface area (Å²) in [6.07, 6.45) is 3.61. The molecule has 2 aromatic heterocycles. The Morgan fingerprint density at radius 1 is 1.20 bits per heavy atom. The smallest absolute Gasteiger partial charge is 0.315 e. The van der Waals surface area contributed by atoms with E-state index in [2.05, 4.69) is 46.6 Å². The molecule has 0 bridgehead atoms. The van der Waals surface area contributed by atoms with E-state index in [0.717, 1.165) is 5.56 Å². The van der Waals surface area contributed by atoms with E-state index >= 15 is 0 Å². The van der Waals surface area contributed by atoms with Crippen LogP contribution in [0, 0.1) is 6.92 Å². The molecule has 0 aliphatic rings. The summed E-state index contributed by atoms with van der Waals surface area (Å²) < 4.78 is 5.52. The molecule has 2 rings (SSSR count). The van der Waals surface area contributed by atoms with Crippen molar-refractivity contribution in [2.24, 2.45) is 0 Å². The Kier molecular flexibility index (Phi) is 4.34. The van der Waals surface area contributed by atoms with Crippen molar-refractivity contribution in [2.45, 2.75) is 46.3 Å². The van der Waals surface area contributed by atoms with Gasteiger partial charge in [0.15, 0.2) is 0 Å². The number of aryl methyl sites for hydroxylation is 1. The fourth-order valence-electron chi connectivity index (χ4n) is 1.59. The largest absolute Gasteiger partial charge is 0.407 e. The molecule has 2 aromatic rings. The van der Waals surface area contributed by atoms with Crippen molar-refractivity contribution >= 4 is 6.01 Å². The average Bonchev–Trinajstić information content (AvgIpc) is 2.83. The minimum atomic E-state index is 0.0227. The lowest BCUT2D eigenvalue weighted by Crippen LogP contribution is -2.35. The van der Waals surface area contributed by atoms with Crippen LogP contribution in [0.25, 0.3) is 0 Å². The Morgan fingerprint density at radius 2 is 2.00 bits per heavy atom. The van der Waals surface area contributed by atoms with Crippen molar-refractivity contribution in [3.05, 3.63) is 35.5 Å². The van der Waals surface area contributed by atoms with E-state index in [1.54, 1.807) is 6.20 Å². The standard InChI is InChI=1S/C14H21N5O/c1-10-5-6-15-7-11(10)8-16-13-19-18-12(20-13)9-17-14(2,3)4/h5-7,17H,8-9H2,1-4H3,(H,16,19). The molecule has 0 aliphatic carbocycles. The highest BCUT2D eigenvalue weighted by atomic mass is 16.4. The van der Waals surface area contributed by atoms with Crippen molar-refractivity contribution in [1.29, 1.82) is 0 Å². The van der Waals surface area contributed by atoms with Crippen LogP contribution in [-0.4, -0.2) is 20.7 Å². The summed E-state index contributed by atoms with van der Waals surface area (Å²) >= 11 is 0. The molecule has 0 atom stereocenters. The molecule has 0 radical (unpaired) electrons. The molecule has 20 heavy (non-hydrogen) atoms. The maximum absolute atomic E-state index is 5.52. The normalized spacial score (nSPS) is 11.6. The van der Waals surface area contributed by atoms with Gasteiger partial charge in [-0.25, -0.2) is 0 Å². The van der Waals surface area contributed by atoms with Gasteiger partial charge in [-0.1, -0.05) is 5.10 Å². The molecule has 2 N–H and O–H groups in total. The van der Waals surface area contributed by atoms with E-state index in [-0.39, 0.29) is 5.54 Å². The number of rotatable bonds is 5. The van der Waals surface area contributed by atoms with E-state index < -0.39 is 0 Å². The first-order chi connectivity index (χ1) is 9.44. The van der Waals surface area contributed by atoms with Crippen LogP contribution in [0.3, 0.4) is 0 Å². The molecule has 2 heterocycles. The van der Waals surface area contributed by atoms with Crippen molar-refractivity contribution in [3.8, 4) is 0 Å². The fraction of sp³-hybridized carbons (Fsp3) is 0.500. The highest BCUT2D eigenvalue weighted by Gasteiger charge is 2.12. The minimum Gasteiger partial charge on any atom is -0.407 e. The van der Waals surface area contributed by atoms with Gasteiger partial charge in [0, 0.05) is 24.5 Å². The summed E-state index contributed by atoms with van der Waals surface area (Å²) in [5.41, 5.74) is 2.32. The lowest BCUT2D eigenvalue weighted by Gasteiger charge is -2.18. The molecule has 0 unspecified atom stereocenters. The van der Waals surface area contributed by atoms with Gasteiger partial charge < -0.3 is 15.1 Å². The van der Waals surface area contributed by atoms with Crippen molar-refractivity contribution < 1.29 is 4.42 Å². The Morgan fingerprint density at radius 3 is 2.70 bits per heavy atom. The lowest BCUT2D eigenvalue weighted by molar-refractivity contribution is 0.383. The third-order valence-electron chi connectivity index (χ3n) is 2.81. The topological polar surface area (TPSA) is 75.9 Å². The molecule has 0 amide bonds. The Bertz CT molecular complexity index is 559. The summed E-state index contributed by atoms with van der Waals surface area (Å²) in [7, 11) is 0. The molecular formula is C14H21N5O. The molecule has 0 aromatic carbocycles. The third-order valence-corrected chi connectivity index (χ3v) is 2.81. The quantitative estimate of drug-likeness (QED) is 0.872. The number of nitrogens with one attached hydrogen (secondary N) is 2. The number of hydrogen-bond donors (Lipinski definition) is 2. The van der Waals surface area contributed by atoms with Gasteiger partial charge in [0.1, 0.15) is 0 Å². The molecule has 0 spiro atoms. The van der Waals surface area contributed by atoms with Crippen molar-refractivity contribution in [1.82, 2.24) is 20.5 Å². The van der Waals surface area contributed by atoms with Crippen LogP contribution >= 0.6 is 0 Å². The Labute approximate surface area is 119 Å². The third kappa shape index (κ3) is 4.31. The zero-order valence-corrected chi connectivity index (χ0v) is 12.4. The maximum atomic E-state index is 5.52. The van der Waals surface area contributed by atoms with Gasteiger partial charge in [-0.05, 0) is 44.9 Å². The van der Waals surface area contributed by atoms with Gasteiger partial charge in [0.05, 0.1) is 6.54 Å². The van der Waals surface area contributed by atoms with Gasteiger partial charge in [-0.2, -0.15) is 0 Å². The van der Waals surface area contributed by atoms with Crippen LogP contribution < -0.4 is 10.6 Å². The van der Waals surface area contributed by atoms with E-state index in [1.165, 1.54) is 5.56 Å². The van der Waals surface area contributed by atoms with Crippen LogP contribution in [-0.2, 0) is 13.1 Å². The van der Waals surface area contributed by atoms with Crippen LogP contribution in [0.15, 0.2) is 22.9 Å². The first-order valence-electron chi connectivity index (χ1n) is 6.65. The van der Waals surface area contributed by atoms with E-state index in [9.17, 15) is 0 Å². The molecule has 6 nitrogen and oxygen atoms in total. The van der Waals surface area contributed by atoms with E-state index in [4.69, 9.17) is 4.42 Å². The molecule has 108 valence electrons. The van der Waals surface area contributed by atoms with Crippen LogP contribution in [0.4, 0.5) is 6.01 Å². The lowest BCUT2D eigenvalue weighted by atomic mass is 10.1. The number of hydrogen-bond acceptors (Lipinski definition) is 6. The van der Waals surface area contributed by atoms with Crippen molar-refractivity contribution in [3.63, 3.8) is 0 Å². The zero-order valence-electron chi connectivity index (χ0n) is 12.4. The highest BCUT2D eigenvalue weighted by molar-refractivity contribution is 5.27. The van der Waals surface area contributed by atoms with Gasteiger partial charge in [-0.15, -0.1) is 5.10 Å². The number of pyridine rings is 1. The molecule has 6 heteroatoms. The first kappa shape index (κ1) is 14.5. The average molecular weight is 275 g/mol. The van der Waals surface area contributed by atoms with E-state index in [0.29, 0.717) is 25.0 Å². The van der Waals surface area contributed by atoms with Gasteiger partial charge >= 0.3 is 6.01 Å². The SMILES string of the molecule is Cc1ccncc1CNc1nnc(CNC(C)(C)C)o1. The second-order valence-corrected chi connectivity index (χ2v) is 5.76. The first-order valence-corrected chi connectivity index (χ1v) is 6.65. The predicted octanol–water partition coefficient (Wildman–Crippen LogP) is 2.27. The Hall–Kier alpha value is -1.95. The van der Waals surface area contributed by atoms with Crippen LogP contribution in [0.2, 0.25) is 0 Å². The Balaban J connectivity index is 1.89. The summed E-state index contributed by atoms with van der Waals surface area (Å²) in [5.74, 6) is 0.574. The highest BCUT2D eigenvalue weighted by Crippen LogP contribution is 2.11. The summed E-state index contributed by atoms with van der Waals surface area (Å²) in [5, 5.41) is 14.4. The number of aromatic nitrogens is 3. The van der Waals surface area contributed by atoms with Gasteiger partial charge in [-0.3, -0.25) is 4.98 Å². The zero-order chi connectivity index (χ0) is 14.6. The minimum absolute atomic E-state index is 0.0227. The molecule has 0 fully saturated rings. The molecule has 0 saturated carbocycles. The molecule has 0 saturated heterocycles. The van der Waals surface area contributed by atoms with Gasteiger partial charge in [0.2, 0.25) is 5.89 Å². The fourth-order valence-corrected chi connectivity index (χ4v) is 1.59. The van der Waals surface area contributed by atoms with Crippen LogP contribution in [0.1, 0.15) is 37.8 Å². The second-order valence-electron chi connectivity index (χ2n) is 5.76. The summed E-state index contributed by atoms with van der Waals surface area (Å²) in [4.78, 5) is 4.10. The predicted molar refractivity (Wildman–Crippen MR) is 77.2 cm³/mol. The maximum Gasteiger partial charge on any atom is 0.315 e. The van der Waals surface area contributed by atoms with Crippen molar-refractivity contribution in [2.75, 3.05) is 5.32 Å². The second kappa shape index (κ2) is 6.00. The van der Waals surface area contributed by atoms with Crippen LogP contribution in [0.5, 0.6) is 0 Å². The monoisotopic (exact) mass is 275 g/mol. The molecule has 0 aliphatic heterocycles. The molecular weight excluding hydrogens is 254 g/mol. The van der Waals surface area contributed by atoms with E-state index in [1.807, 2.05) is 19.2 Å². The number of nitrogens with zero attached hydrogens (tertiary/aromatic N) is 3. The summed E-state index contributed by atoms with van der Waals surface area (Å²) in [6, 6.07) is 2.41. The van der Waals surface area contributed by atoms with Gasteiger partial charge in [0.25, 0.3) is 0 Å².